The second-order valence-electron chi connectivity index (χ2n) is 20.6. The molecule has 0 aliphatic rings. The van der Waals surface area contributed by atoms with E-state index in [2.05, 4.69) is 74.6 Å². The Morgan fingerprint density at radius 2 is 0.841 bits per heavy atom. The number of phosphoric ester groups is 1. The molecule has 0 aromatic heterocycles. The highest BCUT2D eigenvalue weighted by atomic mass is 31.2. The monoisotopic (exact) mass is 991 g/mol. The minimum absolute atomic E-state index is 0.0871. The summed E-state index contributed by atoms with van der Waals surface area (Å²) in [7, 11) is 1.67. The van der Waals surface area contributed by atoms with E-state index in [4.69, 9.17) is 18.5 Å². The molecule has 0 aliphatic carbocycles. The molecule has 2 atom stereocenters. The van der Waals surface area contributed by atoms with Gasteiger partial charge in [0, 0.05) is 13.0 Å². The van der Waals surface area contributed by atoms with Crippen LogP contribution in [-0.4, -0.2) is 75.6 Å². The Kier molecular flexibility index (Phi) is 51.2. The third kappa shape index (κ3) is 57.0. The summed E-state index contributed by atoms with van der Waals surface area (Å²) in [5, 5.41) is 0. The molecule has 0 fully saturated rings. The molecule has 0 bridgehead atoms. The summed E-state index contributed by atoms with van der Waals surface area (Å²) >= 11 is 0. The Morgan fingerprint density at radius 1 is 0.464 bits per heavy atom. The quantitative estimate of drug-likeness (QED) is 0.0213. The van der Waals surface area contributed by atoms with Crippen molar-refractivity contribution in [2.24, 2.45) is 0 Å². The van der Waals surface area contributed by atoms with Crippen molar-refractivity contribution in [3.63, 3.8) is 0 Å². The predicted molar refractivity (Wildman–Crippen MR) is 298 cm³/mol. The lowest BCUT2D eigenvalue weighted by atomic mass is 10.0. The SMILES string of the molecule is CC/C=C\C/C=C\C/C=C\C/C=C\CCCCCCCCCCCCCCC(=O)OC(COCCCCCCCCCCCC/C=C\CCCCCCCCCC)COP(=O)(O)OCC[N+](C)(C)C. The maximum absolute atomic E-state index is 12.8. The molecule has 69 heavy (non-hydrogen) atoms. The smallest absolute Gasteiger partial charge is 0.457 e. The molecule has 9 heteroatoms. The number of allylic oxidation sites excluding steroid dienone is 10. The zero-order chi connectivity index (χ0) is 50.5. The highest BCUT2D eigenvalue weighted by Crippen LogP contribution is 2.43. The molecule has 0 radical (unpaired) electrons. The Morgan fingerprint density at radius 3 is 1.28 bits per heavy atom. The molecule has 404 valence electrons. The molecule has 0 saturated carbocycles. The Bertz CT molecular complexity index is 1290. The van der Waals surface area contributed by atoms with E-state index in [1.165, 1.54) is 180 Å². The second-order valence-corrected chi connectivity index (χ2v) is 22.1. The van der Waals surface area contributed by atoms with E-state index < -0.39 is 13.9 Å². The maximum atomic E-state index is 12.8. The van der Waals surface area contributed by atoms with Gasteiger partial charge in [-0.25, -0.2) is 4.57 Å². The zero-order valence-corrected chi connectivity index (χ0v) is 46.9. The molecule has 0 rings (SSSR count). The minimum Gasteiger partial charge on any atom is -0.457 e. The molecule has 2 unspecified atom stereocenters. The average Bonchev–Trinajstić information content (AvgIpc) is 3.31. The average molecular weight is 992 g/mol. The summed E-state index contributed by atoms with van der Waals surface area (Å²) in [5.74, 6) is -0.314. The molecule has 0 amide bonds. The lowest BCUT2D eigenvalue weighted by molar-refractivity contribution is -0.870. The largest absolute Gasteiger partial charge is 0.472 e. The van der Waals surface area contributed by atoms with Crippen LogP contribution >= 0.6 is 7.82 Å². The van der Waals surface area contributed by atoms with Crippen molar-refractivity contribution >= 4 is 13.8 Å². The zero-order valence-electron chi connectivity index (χ0n) is 46.0. The molecule has 0 spiro atoms. The third-order valence-corrected chi connectivity index (χ3v) is 13.5. The van der Waals surface area contributed by atoms with E-state index in [1.54, 1.807) is 0 Å². The van der Waals surface area contributed by atoms with Gasteiger partial charge in [0.2, 0.25) is 0 Å². The number of hydrogen-bond donors (Lipinski definition) is 1. The van der Waals surface area contributed by atoms with Crippen molar-refractivity contribution in [3.8, 4) is 0 Å². The lowest BCUT2D eigenvalue weighted by Gasteiger charge is -2.24. The Hall–Kier alpha value is -1.80. The summed E-state index contributed by atoms with van der Waals surface area (Å²) < 4.78 is 35.3. The van der Waals surface area contributed by atoms with Gasteiger partial charge < -0.3 is 18.9 Å². The van der Waals surface area contributed by atoms with Crippen molar-refractivity contribution in [2.75, 3.05) is 54.1 Å². The number of ether oxygens (including phenoxy) is 2. The second kappa shape index (κ2) is 52.5. The molecule has 0 aromatic carbocycles. The summed E-state index contributed by atoms with van der Waals surface area (Å²) in [6.07, 6.45) is 68.5. The number of carbonyl (C=O) groups excluding carboxylic acids is 1. The van der Waals surface area contributed by atoms with Crippen molar-refractivity contribution in [1.82, 2.24) is 0 Å². The fourth-order valence-corrected chi connectivity index (χ4v) is 8.87. The molecule has 0 aliphatic heterocycles. The van der Waals surface area contributed by atoms with Gasteiger partial charge in [0.1, 0.15) is 19.3 Å². The number of rotatable bonds is 54. The number of likely N-dealkylation sites (N-methyl/N-ethyl adjacent to an activating group) is 1. The number of nitrogens with zero attached hydrogens (tertiary/aromatic N) is 1. The maximum Gasteiger partial charge on any atom is 0.472 e. The van der Waals surface area contributed by atoms with Crippen molar-refractivity contribution in [1.29, 1.82) is 0 Å². The molecular weight excluding hydrogens is 878 g/mol. The van der Waals surface area contributed by atoms with Gasteiger partial charge in [0.25, 0.3) is 0 Å². The number of esters is 1. The fourth-order valence-electron chi connectivity index (χ4n) is 8.13. The summed E-state index contributed by atoms with van der Waals surface area (Å²) in [6.45, 7) is 5.54. The van der Waals surface area contributed by atoms with E-state index in [1.807, 2.05) is 21.1 Å². The van der Waals surface area contributed by atoms with E-state index in [-0.39, 0.29) is 25.8 Å². The molecule has 1 N–H and O–H groups in total. The van der Waals surface area contributed by atoms with Crippen LogP contribution in [0.15, 0.2) is 60.8 Å². The standard InChI is InChI=1S/C60H112NO7P/c1-6-8-10-12-14-16-18-20-22-24-26-28-30-31-32-33-35-37-39-41-43-45-47-49-51-53-60(62)68-59(58-67-69(63,64)66-56-54-61(3,4)5)57-65-55-52-50-48-46-44-42-40-38-36-34-29-27-25-23-21-19-17-15-13-11-9-7-2/h8,10,14,16,20,22,25-28,59H,6-7,9,11-13,15,17-19,21,23-24,29-58H2,1-5H3/p+1/b10-8-,16-14-,22-20-,27-25-,28-26-. The van der Waals surface area contributed by atoms with Crippen molar-refractivity contribution in [2.45, 2.75) is 264 Å². The van der Waals surface area contributed by atoms with E-state index in [0.717, 1.165) is 57.8 Å². The van der Waals surface area contributed by atoms with E-state index in [0.29, 0.717) is 24.1 Å². The molecule has 0 aromatic rings. The van der Waals surface area contributed by atoms with E-state index >= 15 is 0 Å². The third-order valence-electron chi connectivity index (χ3n) is 12.6. The lowest BCUT2D eigenvalue weighted by Crippen LogP contribution is -2.37. The number of carbonyl (C=O) groups is 1. The van der Waals surface area contributed by atoms with Gasteiger partial charge in [-0.2, -0.15) is 0 Å². The number of hydrogen-bond acceptors (Lipinski definition) is 6. The molecule has 0 heterocycles. The fraction of sp³-hybridized carbons (Fsp3) is 0.817. The summed E-state index contributed by atoms with van der Waals surface area (Å²) in [5.41, 5.74) is 0. The molecular formula is C60H113NO7P+. The van der Waals surface area contributed by atoms with Crippen LogP contribution < -0.4 is 0 Å². The van der Waals surface area contributed by atoms with Gasteiger partial charge in [-0.3, -0.25) is 13.8 Å². The van der Waals surface area contributed by atoms with Crippen LogP contribution in [0.3, 0.4) is 0 Å². The first kappa shape index (κ1) is 67.2. The number of phosphoric acid groups is 1. The first-order valence-electron chi connectivity index (χ1n) is 29.0. The van der Waals surface area contributed by atoms with Crippen LogP contribution in [0.4, 0.5) is 0 Å². The first-order valence-corrected chi connectivity index (χ1v) is 30.5. The molecule has 8 nitrogen and oxygen atoms in total. The van der Waals surface area contributed by atoms with Gasteiger partial charge in [-0.1, -0.05) is 235 Å². The normalized spacial score (nSPS) is 13.9. The highest BCUT2D eigenvalue weighted by molar-refractivity contribution is 7.47. The van der Waals surface area contributed by atoms with Crippen LogP contribution in [0.2, 0.25) is 0 Å². The molecule has 0 saturated heterocycles. The number of quaternary nitrogens is 1. The van der Waals surface area contributed by atoms with Gasteiger partial charge in [-0.05, 0) is 77.0 Å². The Balaban J connectivity index is 4.07. The topological polar surface area (TPSA) is 91.3 Å². The van der Waals surface area contributed by atoms with Crippen LogP contribution in [0.5, 0.6) is 0 Å². The van der Waals surface area contributed by atoms with Crippen molar-refractivity contribution < 1.29 is 37.3 Å². The summed E-state index contributed by atoms with van der Waals surface area (Å²) in [4.78, 5) is 23.1. The van der Waals surface area contributed by atoms with Gasteiger partial charge >= 0.3 is 13.8 Å². The van der Waals surface area contributed by atoms with Gasteiger partial charge in [0.05, 0.1) is 34.4 Å². The number of unbranched alkanes of at least 4 members (excludes halogenated alkanes) is 30. The van der Waals surface area contributed by atoms with Crippen LogP contribution in [0, 0.1) is 0 Å². The highest BCUT2D eigenvalue weighted by Gasteiger charge is 2.26. The van der Waals surface area contributed by atoms with Crippen molar-refractivity contribution in [3.05, 3.63) is 60.8 Å². The van der Waals surface area contributed by atoms with Crippen LogP contribution in [0.1, 0.15) is 258 Å². The first-order chi connectivity index (χ1) is 33.6. The van der Waals surface area contributed by atoms with Gasteiger partial charge in [0.15, 0.2) is 0 Å². The van der Waals surface area contributed by atoms with Crippen LogP contribution in [-0.2, 0) is 27.9 Å². The Labute approximate surface area is 428 Å². The summed E-state index contributed by atoms with van der Waals surface area (Å²) in [6, 6.07) is 0. The predicted octanol–water partition coefficient (Wildman–Crippen LogP) is 18.4. The minimum atomic E-state index is -4.29. The van der Waals surface area contributed by atoms with E-state index in [9.17, 15) is 14.3 Å². The van der Waals surface area contributed by atoms with Gasteiger partial charge in [-0.15, -0.1) is 0 Å². The van der Waals surface area contributed by atoms with Crippen LogP contribution in [0.25, 0.3) is 0 Å².